The van der Waals surface area contributed by atoms with Gasteiger partial charge in [-0.25, -0.2) is 0 Å². The summed E-state index contributed by atoms with van der Waals surface area (Å²) < 4.78 is 2.33. The topological polar surface area (TPSA) is 37.3 Å². The fraction of sp³-hybridized carbons (Fsp3) is 0.560. The summed E-state index contributed by atoms with van der Waals surface area (Å²) in [5, 5.41) is 4.82. The van der Waals surface area contributed by atoms with E-state index in [1.54, 1.807) is 0 Å². The van der Waals surface area contributed by atoms with Crippen LogP contribution >= 0.6 is 0 Å². The van der Waals surface area contributed by atoms with Gasteiger partial charge in [0.25, 0.3) is 0 Å². The predicted octanol–water partition coefficient (Wildman–Crippen LogP) is 4.24. The largest absolute Gasteiger partial charge is 0.353 e. The second-order valence-electron chi connectivity index (χ2n) is 9.43. The molecule has 0 unspecified atom stereocenters. The second-order valence-corrected chi connectivity index (χ2v) is 9.43. The Bertz CT molecular complexity index is 924. The number of nitrogens with one attached hydrogen (secondary N) is 1. The highest BCUT2D eigenvalue weighted by Gasteiger charge is 2.41. The van der Waals surface area contributed by atoms with Gasteiger partial charge in [0.1, 0.15) is 0 Å². The third-order valence-electron chi connectivity index (χ3n) is 7.57. The van der Waals surface area contributed by atoms with Crippen LogP contribution in [0.2, 0.25) is 0 Å². The molecule has 0 bridgehead atoms. The van der Waals surface area contributed by atoms with E-state index >= 15 is 0 Å². The van der Waals surface area contributed by atoms with Gasteiger partial charge in [-0.05, 0) is 49.9 Å². The van der Waals surface area contributed by atoms with Crippen molar-refractivity contribution in [2.45, 2.75) is 69.5 Å². The number of nitrogens with zero attached hydrogens (tertiary/aromatic N) is 2. The Morgan fingerprint density at radius 1 is 1.28 bits per heavy atom. The highest BCUT2D eigenvalue weighted by Crippen LogP contribution is 2.45. The van der Waals surface area contributed by atoms with E-state index in [0.29, 0.717) is 18.0 Å². The number of carbonyl (C=O) groups is 1. The number of piperidine rings is 1. The molecular weight excluding hydrogens is 358 g/mol. The molecule has 3 atom stereocenters. The number of amides is 1. The minimum atomic E-state index is 0.0928. The molecular formula is C25H33N3O. The molecule has 1 saturated carbocycles. The van der Waals surface area contributed by atoms with Crippen molar-refractivity contribution in [3.63, 3.8) is 0 Å². The summed E-state index contributed by atoms with van der Waals surface area (Å²) in [6, 6.07) is 7.61. The zero-order valence-corrected chi connectivity index (χ0v) is 17.6. The van der Waals surface area contributed by atoms with Gasteiger partial charge < -0.3 is 14.8 Å². The first-order chi connectivity index (χ1) is 14.2. The Kier molecular flexibility index (Phi) is 4.99. The molecule has 3 aliphatic rings. The molecule has 1 N–H and O–H groups in total. The van der Waals surface area contributed by atoms with Gasteiger partial charge in [-0.3, -0.25) is 4.79 Å². The summed E-state index contributed by atoms with van der Waals surface area (Å²) in [5.41, 5.74) is 4.21. The summed E-state index contributed by atoms with van der Waals surface area (Å²) in [6.45, 7) is 5.64. The Morgan fingerprint density at radius 3 is 2.90 bits per heavy atom. The maximum atomic E-state index is 13.1. The highest BCUT2D eigenvalue weighted by molar-refractivity contribution is 5.89. The van der Waals surface area contributed by atoms with Crippen LogP contribution in [0.25, 0.3) is 10.9 Å². The van der Waals surface area contributed by atoms with Crippen LogP contribution in [0.3, 0.4) is 0 Å². The molecule has 4 heteroatoms. The third-order valence-corrected chi connectivity index (χ3v) is 7.57. The number of hydrogen-bond acceptors (Lipinski definition) is 2. The van der Waals surface area contributed by atoms with Crippen molar-refractivity contribution in [3.05, 3.63) is 48.2 Å². The number of rotatable bonds is 4. The number of likely N-dealkylation sites (N-methyl/N-ethyl adjacent to an activating group) is 1. The normalized spacial score (nSPS) is 27.6. The standard InChI is InChI=1S/C25H33N3O/c1-3-12-28-16-17-14-23-21(20-10-7-11-22(28)24(17)20)13-18(15-27(23)2)25(29)26-19-8-5-4-6-9-19/h3,7,10-11,16,18-19,21,23H,1,4-6,8-9,12-15H2,2H3,(H,26,29)/t18-,21-,23-/m1/s1. The van der Waals surface area contributed by atoms with Crippen molar-refractivity contribution < 1.29 is 4.79 Å². The van der Waals surface area contributed by atoms with Crippen molar-refractivity contribution in [3.8, 4) is 0 Å². The lowest BCUT2D eigenvalue weighted by molar-refractivity contribution is -0.128. The fourth-order valence-corrected chi connectivity index (χ4v) is 6.16. The molecule has 0 radical (unpaired) electrons. The average Bonchev–Trinajstić information content (AvgIpc) is 3.08. The van der Waals surface area contributed by atoms with Gasteiger partial charge in [-0.1, -0.05) is 37.5 Å². The average molecular weight is 392 g/mol. The van der Waals surface area contributed by atoms with Gasteiger partial charge in [0, 0.05) is 48.2 Å². The van der Waals surface area contributed by atoms with E-state index in [2.05, 4.69) is 52.8 Å². The van der Waals surface area contributed by atoms with Gasteiger partial charge in [-0.15, -0.1) is 6.58 Å². The number of hydrogen-bond donors (Lipinski definition) is 1. The molecule has 2 aliphatic carbocycles. The summed E-state index contributed by atoms with van der Waals surface area (Å²) in [4.78, 5) is 15.6. The van der Waals surface area contributed by atoms with Crippen LogP contribution in [0.5, 0.6) is 0 Å². The minimum absolute atomic E-state index is 0.0928. The Hall–Kier alpha value is -2.07. The Labute approximate surface area is 174 Å². The number of carbonyl (C=O) groups excluding carboxylic acids is 1. The summed E-state index contributed by atoms with van der Waals surface area (Å²) >= 11 is 0. The molecule has 2 aromatic rings. The molecule has 0 spiro atoms. The monoisotopic (exact) mass is 391 g/mol. The van der Waals surface area contributed by atoms with E-state index in [4.69, 9.17) is 0 Å². The molecule has 1 amide bonds. The van der Waals surface area contributed by atoms with Crippen LogP contribution in [-0.4, -0.2) is 41.1 Å². The Balaban J connectivity index is 1.42. The van der Waals surface area contributed by atoms with Crippen molar-refractivity contribution in [1.29, 1.82) is 0 Å². The van der Waals surface area contributed by atoms with Gasteiger partial charge in [0.05, 0.1) is 5.92 Å². The quantitative estimate of drug-likeness (QED) is 0.792. The first-order valence-electron chi connectivity index (χ1n) is 11.4. The summed E-state index contributed by atoms with van der Waals surface area (Å²) in [7, 11) is 2.21. The zero-order valence-electron chi connectivity index (χ0n) is 17.6. The van der Waals surface area contributed by atoms with Crippen molar-refractivity contribution in [2.75, 3.05) is 13.6 Å². The fourth-order valence-electron chi connectivity index (χ4n) is 6.16. The van der Waals surface area contributed by atoms with Gasteiger partial charge in [-0.2, -0.15) is 0 Å². The van der Waals surface area contributed by atoms with E-state index in [1.807, 2.05) is 6.08 Å². The van der Waals surface area contributed by atoms with Crippen LogP contribution in [-0.2, 0) is 17.8 Å². The second kappa shape index (κ2) is 7.64. The van der Waals surface area contributed by atoms with Crippen molar-refractivity contribution >= 4 is 16.8 Å². The molecule has 5 rings (SSSR count). The lowest BCUT2D eigenvalue weighted by Crippen LogP contribution is -2.52. The highest BCUT2D eigenvalue weighted by atomic mass is 16.2. The number of aromatic nitrogens is 1. The summed E-state index contributed by atoms with van der Waals surface area (Å²) in [6.07, 6.45) is 12.5. The van der Waals surface area contributed by atoms with Gasteiger partial charge in [0.15, 0.2) is 0 Å². The molecule has 2 heterocycles. The van der Waals surface area contributed by atoms with E-state index in [0.717, 1.165) is 38.8 Å². The molecule has 4 nitrogen and oxygen atoms in total. The van der Waals surface area contributed by atoms with Crippen LogP contribution in [0.4, 0.5) is 0 Å². The number of benzene rings is 1. The third kappa shape index (κ3) is 3.31. The molecule has 1 saturated heterocycles. The maximum absolute atomic E-state index is 13.1. The van der Waals surface area contributed by atoms with E-state index in [1.165, 1.54) is 41.3 Å². The first kappa shape index (κ1) is 18.9. The number of likely N-dealkylation sites (tertiary alicyclic amines) is 1. The zero-order chi connectivity index (χ0) is 20.0. The summed E-state index contributed by atoms with van der Waals surface area (Å²) in [5.74, 6) is 0.811. The van der Waals surface area contributed by atoms with Gasteiger partial charge >= 0.3 is 0 Å². The predicted molar refractivity (Wildman–Crippen MR) is 118 cm³/mol. The molecule has 1 aliphatic heterocycles. The van der Waals surface area contributed by atoms with Crippen molar-refractivity contribution in [2.24, 2.45) is 5.92 Å². The lowest BCUT2D eigenvalue weighted by atomic mass is 9.72. The van der Waals surface area contributed by atoms with Crippen LogP contribution in [0.1, 0.15) is 55.6 Å². The van der Waals surface area contributed by atoms with E-state index < -0.39 is 0 Å². The van der Waals surface area contributed by atoms with Crippen LogP contribution in [0, 0.1) is 5.92 Å². The molecule has 154 valence electrons. The molecule has 1 aromatic carbocycles. The molecule has 1 aromatic heterocycles. The minimum Gasteiger partial charge on any atom is -0.353 e. The smallest absolute Gasteiger partial charge is 0.224 e. The van der Waals surface area contributed by atoms with E-state index in [9.17, 15) is 4.79 Å². The SMILES string of the molecule is C=CCn1cc2c3c(cccc31)[C@H]1C[C@@H](C(=O)NC3CCCCC3)CN(C)[C@@H]1C2. The number of allylic oxidation sites excluding steroid dienone is 1. The molecule has 29 heavy (non-hydrogen) atoms. The van der Waals surface area contributed by atoms with Gasteiger partial charge in [0.2, 0.25) is 5.91 Å². The van der Waals surface area contributed by atoms with Crippen molar-refractivity contribution in [1.82, 2.24) is 14.8 Å². The van der Waals surface area contributed by atoms with Crippen LogP contribution < -0.4 is 5.32 Å². The van der Waals surface area contributed by atoms with E-state index in [-0.39, 0.29) is 11.8 Å². The maximum Gasteiger partial charge on any atom is 0.224 e. The Morgan fingerprint density at radius 2 is 2.10 bits per heavy atom. The molecule has 2 fully saturated rings. The lowest BCUT2D eigenvalue weighted by Gasteiger charge is -2.45. The number of fused-ring (bicyclic) bond motifs is 2. The first-order valence-corrected chi connectivity index (χ1v) is 11.4. The van der Waals surface area contributed by atoms with Crippen LogP contribution in [0.15, 0.2) is 37.1 Å².